The van der Waals surface area contributed by atoms with Gasteiger partial charge in [0, 0.05) is 10.5 Å². The molecule has 3 nitrogen and oxygen atoms in total. The van der Waals surface area contributed by atoms with E-state index in [1.807, 2.05) is 24.3 Å². The van der Waals surface area contributed by atoms with E-state index in [2.05, 4.69) is 20.7 Å². The molecule has 0 amide bonds. The Morgan fingerprint density at radius 2 is 1.85 bits per heavy atom. The summed E-state index contributed by atoms with van der Waals surface area (Å²) in [6, 6.07) is 11.8. The first-order valence-electron chi connectivity index (χ1n) is 5.92. The van der Waals surface area contributed by atoms with Crippen LogP contribution in [0.5, 0.6) is 0 Å². The minimum Gasteiger partial charge on any atom is -0.207 e. The normalized spacial score (nSPS) is 13.2. The smallest absolute Gasteiger partial charge is 0.207 e. The van der Waals surface area contributed by atoms with Gasteiger partial charge in [0.25, 0.3) is 0 Å². The van der Waals surface area contributed by atoms with Gasteiger partial charge in [0.2, 0.25) is 10.0 Å². The topological polar surface area (TPSA) is 46.2 Å². The molecule has 0 radical (unpaired) electrons. The largest absolute Gasteiger partial charge is 0.241 e. The molecule has 0 bridgehead atoms. The van der Waals surface area contributed by atoms with Gasteiger partial charge in [-0.2, -0.15) is 0 Å². The molecule has 2 aromatic carbocycles. The Labute approximate surface area is 126 Å². The van der Waals surface area contributed by atoms with Gasteiger partial charge in [-0.1, -0.05) is 40.2 Å². The van der Waals surface area contributed by atoms with Crippen LogP contribution < -0.4 is 4.72 Å². The fourth-order valence-corrected chi connectivity index (χ4v) is 3.71. The van der Waals surface area contributed by atoms with Crippen molar-refractivity contribution in [2.24, 2.45) is 0 Å². The fourth-order valence-electron chi connectivity index (χ4n) is 1.82. The maximum atomic E-state index is 13.1. The summed E-state index contributed by atoms with van der Waals surface area (Å²) in [6.07, 6.45) is 0. The second kappa shape index (κ2) is 6.03. The van der Waals surface area contributed by atoms with Crippen molar-refractivity contribution in [1.82, 2.24) is 4.72 Å². The number of hydrogen-bond acceptors (Lipinski definition) is 2. The van der Waals surface area contributed by atoms with Crippen LogP contribution in [0.25, 0.3) is 0 Å². The molecule has 1 N–H and O–H groups in total. The first kappa shape index (κ1) is 15.2. The highest BCUT2D eigenvalue weighted by atomic mass is 79.9. The summed E-state index contributed by atoms with van der Waals surface area (Å²) in [5, 5.41) is 0. The van der Waals surface area contributed by atoms with Crippen LogP contribution in [-0.2, 0) is 10.0 Å². The van der Waals surface area contributed by atoms with Crippen molar-refractivity contribution in [3.8, 4) is 0 Å². The Balaban J connectivity index is 2.27. The van der Waals surface area contributed by atoms with Gasteiger partial charge < -0.3 is 0 Å². The third-order valence-corrected chi connectivity index (χ3v) is 5.07. The summed E-state index contributed by atoms with van der Waals surface area (Å²) in [5.41, 5.74) is 0.812. The summed E-state index contributed by atoms with van der Waals surface area (Å²) < 4.78 is 40.8. The van der Waals surface area contributed by atoms with E-state index in [1.54, 1.807) is 6.92 Å². The summed E-state index contributed by atoms with van der Waals surface area (Å²) in [6.45, 7) is 1.73. The lowest BCUT2D eigenvalue weighted by molar-refractivity contribution is 0.563. The lowest BCUT2D eigenvalue weighted by atomic mass is 10.1. The Morgan fingerprint density at radius 1 is 1.15 bits per heavy atom. The van der Waals surface area contributed by atoms with Crippen LogP contribution in [0.3, 0.4) is 0 Å². The molecule has 6 heteroatoms. The first-order chi connectivity index (χ1) is 9.40. The monoisotopic (exact) mass is 357 g/mol. The van der Waals surface area contributed by atoms with Gasteiger partial charge in [0.1, 0.15) is 5.82 Å². The Kier molecular flexibility index (Phi) is 4.57. The van der Waals surface area contributed by atoms with Crippen molar-refractivity contribution >= 4 is 26.0 Å². The van der Waals surface area contributed by atoms with Crippen molar-refractivity contribution in [3.63, 3.8) is 0 Å². The molecule has 2 aromatic rings. The van der Waals surface area contributed by atoms with Gasteiger partial charge in [-0.05, 0) is 36.8 Å². The molecular formula is C14H13BrFNO2S. The van der Waals surface area contributed by atoms with Crippen molar-refractivity contribution in [2.45, 2.75) is 17.9 Å². The fraction of sp³-hybridized carbons (Fsp3) is 0.143. The van der Waals surface area contributed by atoms with E-state index in [4.69, 9.17) is 0 Å². The van der Waals surface area contributed by atoms with E-state index in [9.17, 15) is 12.8 Å². The van der Waals surface area contributed by atoms with E-state index >= 15 is 0 Å². The zero-order chi connectivity index (χ0) is 14.8. The second-order valence-corrected chi connectivity index (χ2v) is 6.89. The van der Waals surface area contributed by atoms with E-state index in [0.717, 1.165) is 16.1 Å². The van der Waals surface area contributed by atoms with Gasteiger partial charge in [-0.25, -0.2) is 17.5 Å². The molecule has 0 saturated heterocycles. The molecule has 0 saturated carbocycles. The number of halogens is 2. The summed E-state index contributed by atoms with van der Waals surface area (Å²) in [7, 11) is -3.76. The van der Waals surface area contributed by atoms with Crippen LogP contribution in [0, 0.1) is 5.82 Å². The predicted octanol–water partition coefficient (Wildman–Crippen LogP) is 3.63. The molecule has 0 aliphatic rings. The SMILES string of the molecule is C[C@@H](NS(=O)(=O)c1cccc(F)c1)c1ccccc1Br. The highest BCUT2D eigenvalue weighted by Crippen LogP contribution is 2.24. The molecule has 0 heterocycles. The molecular weight excluding hydrogens is 345 g/mol. The number of sulfonamides is 1. The third kappa shape index (κ3) is 3.45. The van der Waals surface area contributed by atoms with Crippen molar-refractivity contribution in [2.75, 3.05) is 0 Å². The summed E-state index contributed by atoms with van der Waals surface area (Å²) in [5.74, 6) is -0.582. The van der Waals surface area contributed by atoms with Crippen LogP contribution in [-0.4, -0.2) is 8.42 Å². The van der Waals surface area contributed by atoms with E-state index in [-0.39, 0.29) is 4.90 Å². The van der Waals surface area contributed by atoms with Gasteiger partial charge in [0.15, 0.2) is 0 Å². The first-order valence-corrected chi connectivity index (χ1v) is 8.20. The van der Waals surface area contributed by atoms with E-state index in [0.29, 0.717) is 0 Å². The minimum atomic E-state index is -3.76. The Morgan fingerprint density at radius 3 is 2.50 bits per heavy atom. The molecule has 2 rings (SSSR count). The number of rotatable bonds is 4. The molecule has 0 spiro atoms. The molecule has 1 atom stereocenters. The highest BCUT2D eigenvalue weighted by Gasteiger charge is 2.19. The quantitative estimate of drug-likeness (QED) is 0.907. The van der Waals surface area contributed by atoms with Gasteiger partial charge in [0.05, 0.1) is 4.90 Å². The lowest BCUT2D eigenvalue weighted by Gasteiger charge is -2.16. The maximum Gasteiger partial charge on any atom is 0.241 e. The lowest BCUT2D eigenvalue weighted by Crippen LogP contribution is -2.27. The van der Waals surface area contributed by atoms with Gasteiger partial charge >= 0.3 is 0 Å². The molecule has 0 aromatic heterocycles. The number of benzene rings is 2. The summed E-state index contributed by atoms with van der Waals surface area (Å²) >= 11 is 3.38. The number of nitrogens with one attached hydrogen (secondary N) is 1. The zero-order valence-corrected chi connectivity index (χ0v) is 13.1. The number of hydrogen-bond donors (Lipinski definition) is 1. The van der Waals surface area contributed by atoms with Crippen LogP contribution in [0.4, 0.5) is 4.39 Å². The molecule has 106 valence electrons. The molecule has 0 unspecified atom stereocenters. The highest BCUT2D eigenvalue weighted by molar-refractivity contribution is 9.10. The Hall–Kier alpha value is -1.24. The predicted molar refractivity (Wildman–Crippen MR) is 79.3 cm³/mol. The molecule has 20 heavy (non-hydrogen) atoms. The van der Waals surface area contributed by atoms with E-state index < -0.39 is 21.9 Å². The molecule has 0 aliphatic carbocycles. The molecule has 0 aliphatic heterocycles. The average molecular weight is 358 g/mol. The maximum absolute atomic E-state index is 13.1. The van der Waals surface area contributed by atoms with Gasteiger partial charge in [-0.15, -0.1) is 0 Å². The molecule has 0 fully saturated rings. The van der Waals surface area contributed by atoms with Crippen LogP contribution in [0.2, 0.25) is 0 Å². The van der Waals surface area contributed by atoms with Crippen molar-refractivity contribution in [1.29, 1.82) is 0 Å². The third-order valence-electron chi connectivity index (χ3n) is 2.81. The van der Waals surface area contributed by atoms with Crippen LogP contribution in [0.1, 0.15) is 18.5 Å². The van der Waals surface area contributed by atoms with Crippen molar-refractivity contribution < 1.29 is 12.8 Å². The average Bonchev–Trinajstić information content (AvgIpc) is 2.38. The second-order valence-electron chi connectivity index (χ2n) is 4.32. The van der Waals surface area contributed by atoms with Gasteiger partial charge in [-0.3, -0.25) is 0 Å². The van der Waals surface area contributed by atoms with Crippen LogP contribution in [0.15, 0.2) is 57.9 Å². The zero-order valence-electron chi connectivity index (χ0n) is 10.7. The van der Waals surface area contributed by atoms with E-state index in [1.165, 1.54) is 18.2 Å². The van der Waals surface area contributed by atoms with Crippen LogP contribution >= 0.6 is 15.9 Å². The van der Waals surface area contributed by atoms with Crippen molar-refractivity contribution in [3.05, 3.63) is 64.4 Å². The summed E-state index contributed by atoms with van der Waals surface area (Å²) in [4.78, 5) is -0.0867. The Bertz CT molecular complexity index is 719. The standard InChI is InChI=1S/C14H13BrFNO2S/c1-10(13-7-2-3-8-14(13)15)17-20(18,19)12-6-4-5-11(16)9-12/h2-10,17H,1H3/t10-/m1/s1. The minimum absolute atomic E-state index is 0.0867.